The molecule has 2 nitrogen and oxygen atoms in total. The molecule has 0 aliphatic rings. The number of hydrogen-bond donors (Lipinski definition) is 2. The number of thioether (sulfide) groups is 1. The van der Waals surface area contributed by atoms with Crippen molar-refractivity contribution in [2.75, 3.05) is 11.7 Å². The first-order valence-corrected chi connectivity index (χ1v) is 3.12. The van der Waals surface area contributed by atoms with Crippen LogP contribution in [0.1, 0.15) is 0 Å². The standard InChI is InChI=1S/C4H9NOS/c5-2-1-3-7-4-6/h1-2,6H,3-5H2. The molecule has 0 rings (SSSR count). The highest BCUT2D eigenvalue weighted by molar-refractivity contribution is 7.99. The quantitative estimate of drug-likeness (QED) is 0.410. The summed E-state index contributed by atoms with van der Waals surface area (Å²) in [6.07, 6.45) is 3.27. The van der Waals surface area contributed by atoms with Gasteiger partial charge in [-0.2, -0.15) is 0 Å². The van der Waals surface area contributed by atoms with Gasteiger partial charge in [-0.25, -0.2) is 0 Å². The van der Waals surface area contributed by atoms with Crippen LogP contribution in [0.15, 0.2) is 12.3 Å². The van der Waals surface area contributed by atoms with Crippen molar-refractivity contribution in [3.05, 3.63) is 12.3 Å². The van der Waals surface area contributed by atoms with Gasteiger partial charge in [0.1, 0.15) is 0 Å². The molecule has 0 fully saturated rings. The Hall–Kier alpha value is -0.150. The maximum Gasteiger partial charge on any atom is 0.0889 e. The fraction of sp³-hybridized carbons (Fsp3) is 0.500. The van der Waals surface area contributed by atoms with E-state index >= 15 is 0 Å². The number of rotatable bonds is 3. The van der Waals surface area contributed by atoms with Crippen LogP contribution >= 0.6 is 11.8 Å². The molecule has 42 valence electrons. The Morgan fingerprint density at radius 2 is 2.43 bits per heavy atom. The third-order valence-corrected chi connectivity index (χ3v) is 1.05. The van der Waals surface area contributed by atoms with Gasteiger partial charge in [-0.15, -0.1) is 11.8 Å². The molecule has 0 aromatic heterocycles. The monoisotopic (exact) mass is 119 g/mol. The van der Waals surface area contributed by atoms with Gasteiger partial charge in [0.05, 0.1) is 5.94 Å². The Bertz CT molecular complexity index is 55.7. The first-order chi connectivity index (χ1) is 3.41. The van der Waals surface area contributed by atoms with Gasteiger partial charge < -0.3 is 10.8 Å². The third kappa shape index (κ3) is 5.85. The normalized spacial score (nSPS) is 10.4. The SMILES string of the molecule is NC=CCSCO. The van der Waals surface area contributed by atoms with Crippen LogP contribution in [0.2, 0.25) is 0 Å². The molecule has 0 saturated carbocycles. The maximum absolute atomic E-state index is 8.18. The van der Waals surface area contributed by atoms with Gasteiger partial charge in [0.15, 0.2) is 0 Å². The highest BCUT2D eigenvalue weighted by Gasteiger charge is 1.73. The largest absolute Gasteiger partial charge is 0.405 e. The first kappa shape index (κ1) is 6.85. The van der Waals surface area contributed by atoms with Crippen LogP contribution in [0.5, 0.6) is 0 Å². The van der Waals surface area contributed by atoms with E-state index < -0.39 is 0 Å². The van der Waals surface area contributed by atoms with E-state index in [4.69, 9.17) is 10.8 Å². The van der Waals surface area contributed by atoms with E-state index in [2.05, 4.69) is 0 Å². The Balaban J connectivity index is 2.69. The van der Waals surface area contributed by atoms with Gasteiger partial charge in [-0.3, -0.25) is 0 Å². The van der Waals surface area contributed by atoms with Crippen LogP contribution in [-0.2, 0) is 0 Å². The van der Waals surface area contributed by atoms with E-state index in [1.54, 1.807) is 6.08 Å². The average molecular weight is 119 g/mol. The van der Waals surface area contributed by atoms with E-state index in [0.29, 0.717) is 0 Å². The number of aliphatic hydroxyl groups excluding tert-OH is 1. The summed E-state index contributed by atoms with van der Waals surface area (Å²) in [5.74, 6) is 0.970. The van der Waals surface area contributed by atoms with Crippen molar-refractivity contribution >= 4 is 11.8 Å². The van der Waals surface area contributed by atoms with Gasteiger partial charge in [-0.05, 0) is 6.20 Å². The summed E-state index contributed by atoms with van der Waals surface area (Å²) >= 11 is 1.42. The lowest BCUT2D eigenvalue weighted by atomic mass is 10.7. The molecule has 0 aliphatic carbocycles. The molecule has 3 N–H and O–H groups in total. The predicted octanol–water partition coefficient (Wildman–Crippen LogP) is 0.142. The van der Waals surface area contributed by atoms with E-state index in [9.17, 15) is 0 Å². The van der Waals surface area contributed by atoms with Gasteiger partial charge in [-0.1, -0.05) is 6.08 Å². The highest BCUT2D eigenvalue weighted by Crippen LogP contribution is 1.94. The number of aliphatic hydroxyl groups is 1. The molecule has 0 bridgehead atoms. The summed E-state index contributed by atoms with van der Waals surface area (Å²) in [5.41, 5.74) is 4.99. The van der Waals surface area contributed by atoms with Crippen LogP contribution in [0.3, 0.4) is 0 Å². The summed E-state index contributed by atoms with van der Waals surface area (Å²) < 4.78 is 0. The second-order valence-electron chi connectivity index (χ2n) is 0.928. The number of nitrogens with two attached hydrogens (primary N) is 1. The van der Waals surface area contributed by atoms with Crippen LogP contribution in [0, 0.1) is 0 Å². The summed E-state index contributed by atoms with van der Waals surface area (Å²) in [7, 11) is 0. The maximum atomic E-state index is 8.18. The Labute approximate surface area is 47.4 Å². The molecule has 0 atom stereocenters. The third-order valence-electron chi connectivity index (χ3n) is 0.441. The zero-order chi connectivity index (χ0) is 5.54. The molecule has 7 heavy (non-hydrogen) atoms. The van der Waals surface area contributed by atoms with Crippen molar-refractivity contribution in [2.45, 2.75) is 0 Å². The zero-order valence-electron chi connectivity index (χ0n) is 4.00. The van der Waals surface area contributed by atoms with Crippen molar-refractivity contribution in [2.24, 2.45) is 5.73 Å². The van der Waals surface area contributed by atoms with E-state index in [1.165, 1.54) is 18.0 Å². The first-order valence-electron chi connectivity index (χ1n) is 1.97. The van der Waals surface area contributed by atoms with Crippen molar-refractivity contribution < 1.29 is 5.11 Å². The second-order valence-corrected chi connectivity index (χ2v) is 1.93. The smallest absolute Gasteiger partial charge is 0.0889 e. The summed E-state index contributed by atoms with van der Waals surface area (Å²) in [6.45, 7) is 0. The van der Waals surface area contributed by atoms with Gasteiger partial charge >= 0.3 is 0 Å². The zero-order valence-corrected chi connectivity index (χ0v) is 4.82. The van der Waals surface area contributed by atoms with Crippen LogP contribution in [0.25, 0.3) is 0 Å². The second kappa shape index (κ2) is 5.85. The molecule has 3 heteroatoms. The molecule has 0 heterocycles. The van der Waals surface area contributed by atoms with Crippen LogP contribution < -0.4 is 5.73 Å². The van der Waals surface area contributed by atoms with Crippen molar-refractivity contribution in [3.8, 4) is 0 Å². The lowest BCUT2D eigenvalue weighted by Gasteiger charge is -1.84. The minimum atomic E-state index is 0.171. The van der Waals surface area contributed by atoms with Crippen molar-refractivity contribution in [1.29, 1.82) is 0 Å². The van der Waals surface area contributed by atoms with Crippen LogP contribution in [-0.4, -0.2) is 16.8 Å². The lowest BCUT2D eigenvalue weighted by Crippen LogP contribution is -1.79. The topological polar surface area (TPSA) is 46.2 Å². The summed E-state index contributed by atoms with van der Waals surface area (Å²) in [4.78, 5) is 0. The molecule has 0 saturated heterocycles. The molecule has 0 aliphatic heterocycles. The number of hydrogen-bond acceptors (Lipinski definition) is 3. The fourth-order valence-corrected chi connectivity index (χ4v) is 0.529. The molecule has 0 aromatic rings. The average Bonchev–Trinajstić information content (AvgIpc) is 1.69. The minimum absolute atomic E-state index is 0.171. The molecule has 0 unspecified atom stereocenters. The summed E-state index contributed by atoms with van der Waals surface area (Å²) in [6, 6.07) is 0. The van der Waals surface area contributed by atoms with Gasteiger partial charge in [0.25, 0.3) is 0 Å². The predicted molar refractivity (Wildman–Crippen MR) is 32.9 cm³/mol. The molecular formula is C4H9NOS. The molecular weight excluding hydrogens is 110 g/mol. The highest BCUT2D eigenvalue weighted by atomic mass is 32.2. The minimum Gasteiger partial charge on any atom is -0.405 e. The lowest BCUT2D eigenvalue weighted by molar-refractivity contribution is 0.375. The Kier molecular flexibility index (Phi) is 5.72. The van der Waals surface area contributed by atoms with Crippen LogP contribution in [0.4, 0.5) is 0 Å². The van der Waals surface area contributed by atoms with Crippen molar-refractivity contribution in [1.82, 2.24) is 0 Å². The van der Waals surface area contributed by atoms with Gasteiger partial charge in [0, 0.05) is 5.75 Å². The molecule has 0 spiro atoms. The summed E-state index contributed by atoms with van der Waals surface area (Å²) in [5, 5.41) is 8.18. The van der Waals surface area contributed by atoms with E-state index in [1.807, 2.05) is 0 Å². The molecule has 0 aromatic carbocycles. The Morgan fingerprint density at radius 3 is 2.86 bits per heavy atom. The van der Waals surface area contributed by atoms with E-state index in [0.717, 1.165) is 5.75 Å². The van der Waals surface area contributed by atoms with Gasteiger partial charge in [0.2, 0.25) is 0 Å². The fourth-order valence-electron chi connectivity index (χ4n) is 0.176. The van der Waals surface area contributed by atoms with Crippen molar-refractivity contribution in [3.63, 3.8) is 0 Å². The Morgan fingerprint density at radius 1 is 1.71 bits per heavy atom. The molecule has 0 amide bonds. The molecule has 0 radical (unpaired) electrons. The van der Waals surface area contributed by atoms with E-state index in [-0.39, 0.29) is 5.94 Å².